The van der Waals surface area contributed by atoms with Gasteiger partial charge in [0, 0.05) is 12.3 Å². The van der Waals surface area contributed by atoms with Crippen LogP contribution in [0.5, 0.6) is 0 Å². The monoisotopic (exact) mass is 268 g/mol. The molecular weight excluding hydrogens is 240 g/mol. The molecule has 0 aliphatic heterocycles. The minimum atomic E-state index is -0.902. The lowest BCUT2D eigenvalue weighted by Gasteiger charge is -2.42. The van der Waals surface area contributed by atoms with Gasteiger partial charge in [-0.1, -0.05) is 34.1 Å². The molecule has 0 aromatic carbocycles. The van der Waals surface area contributed by atoms with Gasteiger partial charge in [-0.05, 0) is 32.1 Å². The van der Waals surface area contributed by atoms with Crippen molar-refractivity contribution >= 4 is 11.8 Å². The summed E-state index contributed by atoms with van der Waals surface area (Å²) in [6, 6.07) is 0. The molecule has 4 atom stereocenters. The summed E-state index contributed by atoms with van der Waals surface area (Å²) in [5.74, 6) is 0.353. The van der Waals surface area contributed by atoms with Crippen molar-refractivity contribution in [2.24, 2.45) is 17.8 Å². The van der Waals surface area contributed by atoms with Crippen LogP contribution >= 0.6 is 0 Å². The molecule has 0 heterocycles. The van der Waals surface area contributed by atoms with Gasteiger partial charge in [0.05, 0.1) is 5.92 Å². The molecule has 3 heteroatoms. The van der Waals surface area contributed by atoms with E-state index in [0.717, 1.165) is 25.7 Å². The molecule has 3 nitrogen and oxygen atoms in total. The Hall–Kier alpha value is -0.860. The highest BCUT2D eigenvalue weighted by Crippen LogP contribution is 2.40. The molecule has 0 saturated heterocycles. The molecule has 0 bridgehead atoms. The fourth-order valence-corrected chi connectivity index (χ4v) is 2.89. The quantitative estimate of drug-likeness (QED) is 0.713. The van der Waals surface area contributed by atoms with Crippen molar-refractivity contribution in [3.8, 4) is 0 Å². The van der Waals surface area contributed by atoms with Crippen molar-refractivity contribution in [2.45, 2.75) is 72.3 Å². The lowest BCUT2D eigenvalue weighted by Crippen LogP contribution is -2.52. The van der Waals surface area contributed by atoms with Crippen molar-refractivity contribution in [2.75, 3.05) is 0 Å². The van der Waals surface area contributed by atoms with E-state index in [0.29, 0.717) is 12.3 Å². The summed E-state index contributed by atoms with van der Waals surface area (Å²) in [5.41, 5.74) is -0.902. The fourth-order valence-electron chi connectivity index (χ4n) is 2.89. The minimum Gasteiger partial charge on any atom is -0.451 e. The third kappa shape index (κ3) is 3.37. The molecule has 1 aliphatic carbocycles. The van der Waals surface area contributed by atoms with E-state index in [9.17, 15) is 9.59 Å². The maximum absolute atomic E-state index is 12.4. The molecule has 0 N–H and O–H groups in total. The topological polar surface area (TPSA) is 43.4 Å². The summed E-state index contributed by atoms with van der Waals surface area (Å²) in [7, 11) is 0. The van der Waals surface area contributed by atoms with Gasteiger partial charge in [0.15, 0.2) is 11.4 Å². The summed E-state index contributed by atoms with van der Waals surface area (Å²) in [5, 5.41) is 0. The molecule has 1 rings (SSSR count). The number of hydrogen-bond acceptors (Lipinski definition) is 3. The van der Waals surface area contributed by atoms with Crippen LogP contribution in [0.15, 0.2) is 0 Å². The van der Waals surface area contributed by atoms with Crippen molar-refractivity contribution in [1.82, 2.24) is 0 Å². The first-order valence-electron chi connectivity index (χ1n) is 7.65. The number of carbonyl (C=O) groups is 2. The first-order chi connectivity index (χ1) is 8.88. The third-order valence-electron chi connectivity index (χ3n) is 4.82. The van der Waals surface area contributed by atoms with Gasteiger partial charge in [0.1, 0.15) is 0 Å². The van der Waals surface area contributed by atoms with Crippen LogP contribution in [0.1, 0.15) is 66.7 Å². The van der Waals surface area contributed by atoms with Crippen molar-refractivity contribution in [1.29, 1.82) is 0 Å². The van der Waals surface area contributed by atoms with Gasteiger partial charge in [0.2, 0.25) is 0 Å². The van der Waals surface area contributed by atoms with Gasteiger partial charge in [-0.3, -0.25) is 9.59 Å². The summed E-state index contributed by atoms with van der Waals surface area (Å²) >= 11 is 0. The fraction of sp³-hybridized carbons (Fsp3) is 0.875. The Kier molecular flexibility index (Phi) is 5.57. The zero-order valence-electron chi connectivity index (χ0n) is 13.0. The summed E-state index contributed by atoms with van der Waals surface area (Å²) in [4.78, 5) is 24.5. The van der Waals surface area contributed by atoms with Crippen LogP contribution in [0.4, 0.5) is 0 Å². The summed E-state index contributed by atoms with van der Waals surface area (Å²) < 4.78 is 5.65. The van der Waals surface area contributed by atoms with Crippen LogP contribution in [-0.2, 0) is 14.3 Å². The Labute approximate surface area is 117 Å². The highest BCUT2D eigenvalue weighted by atomic mass is 16.6. The Balaban J connectivity index is 2.87. The number of ketones is 1. The number of esters is 1. The number of carbonyl (C=O) groups excluding carboxylic acids is 2. The van der Waals surface area contributed by atoms with Gasteiger partial charge in [-0.2, -0.15) is 0 Å². The predicted molar refractivity (Wildman–Crippen MR) is 75.8 cm³/mol. The second-order valence-corrected chi connectivity index (χ2v) is 6.08. The van der Waals surface area contributed by atoms with E-state index in [-0.39, 0.29) is 23.6 Å². The second kappa shape index (κ2) is 6.53. The van der Waals surface area contributed by atoms with E-state index in [2.05, 4.69) is 13.8 Å². The van der Waals surface area contributed by atoms with Crippen LogP contribution in [0.25, 0.3) is 0 Å². The molecule has 19 heavy (non-hydrogen) atoms. The van der Waals surface area contributed by atoms with E-state index in [1.807, 2.05) is 20.8 Å². The van der Waals surface area contributed by atoms with Crippen molar-refractivity contribution in [3.05, 3.63) is 0 Å². The zero-order valence-corrected chi connectivity index (χ0v) is 13.0. The summed E-state index contributed by atoms with van der Waals surface area (Å²) in [6.45, 7) is 9.83. The van der Waals surface area contributed by atoms with E-state index in [1.54, 1.807) is 0 Å². The average Bonchev–Trinajstić information content (AvgIpc) is 2.40. The van der Waals surface area contributed by atoms with Crippen LogP contribution in [0.2, 0.25) is 0 Å². The molecule has 1 saturated carbocycles. The lowest BCUT2D eigenvalue weighted by atomic mass is 9.69. The number of Topliss-reactive ketones (excluding diaryl/α,β-unsaturated/α-hetero) is 1. The maximum atomic E-state index is 12.4. The Bertz CT molecular complexity index is 337. The average molecular weight is 268 g/mol. The molecule has 0 aromatic rings. The molecule has 0 radical (unpaired) electrons. The zero-order chi connectivity index (χ0) is 14.6. The Morgan fingerprint density at radius 3 is 2.47 bits per heavy atom. The van der Waals surface area contributed by atoms with Crippen LogP contribution < -0.4 is 0 Å². The maximum Gasteiger partial charge on any atom is 0.309 e. The van der Waals surface area contributed by atoms with Gasteiger partial charge < -0.3 is 4.74 Å². The molecule has 110 valence electrons. The number of rotatable bonds is 5. The third-order valence-corrected chi connectivity index (χ3v) is 4.82. The number of hydrogen-bond donors (Lipinski definition) is 0. The predicted octanol–water partition coefficient (Wildman–Crippen LogP) is 3.75. The highest BCUT2D eigenvalue weighted by molar-refractivity contribution is 5.90. The molecular formula is C16H28O3. The normalized spacial score (nSPS) is 33.0. The second-order valence-electron chi connectivity index (χ2n) is 6.08. The standard InChI is InChI=1S/C16H28O3/c1-6-11(4)15(18)19-16(5)13(8-3)9-12(7-2)10-14(16)17/h11-13H,6-10H2,1-5H3. The minimum absolute atomic E-state index is 0.106. The van der Waals surface area contributed by atoms with Gasteiger partial charge >= 0.3 is 5.97 Å². The molecule has 0 aromatic heterocycles. The van der Waals surface area contributed by atoms with E-state index in [1.165, 1.54) is 0 Å². The van der Waals surface area contributed by atoms with E-state index < -0.39 is 5.60 Å². The number of ether oxygens (including phenoxy) is 1. The van der Waals surface area contributed by atoms with Gasteiger partial charge in [-0.15, -0.1) is 0 Å². The first-order valence-corrected chi connectivity index (χ1v) is 7.65. The van der Waals surface area contributed by atoms with Crippen LogP contribution in [0.3, 0.4) is 0 Å². The Morgan fingerprint density at radius 1 is 1.37 bits per heavy atom. The molecule has 4 unspecified atom stereocenters. The van der Waals surface area contributed by atoms with Crippen molar-refractivity contribution < 1.29 is 14.3 Å². The molecule has 0 amide bonds. The smallest absolute Gasteiger partial charge is 0.309 e. The van der Waals surface area contributed by atoms with Crippen LogP contribution in [-0.4, -0.2) is 17.4 Å². The lowest BCUT2D eigenvalue weighted by molar-refractivity contribution is -0.180. The van der Waals surface area contributed by atoms with Crippen LogP contribution in [0, 0.1) is 17.8 Å². The molecule has 1 aliphatic rings. The van der Waals surface area contributed by atoms with E-state index >= 15 is 0 Å². The van der Waals surface area contributed by atoms with Gasteiger partial charge in [-0.25, -0.2) is 0 Å². The Morgan fingerprint density at radius 2 is 2.00 bits per heavy atom. The largest absolute Gasteiger partial charge is 0.451 e. The first kappa shape index (κ1) is 16.2. The summed E-state index contributed by atoms with van der Waals surface area (Å²) in [6.07, 6.45) is 4.20. The van der Waals surface area contributed by atoms with E-state index in [4.69, 9.17) is 4.74 Å². The SMILES string of the molecule is CCC1CC(=O)C(C)(OC(=O)C(C)CC)C(CC)C1. The molecule has 1 fully saturated rings. The van der Waals surface area contributed by atoms with Crippen molar-refractivity contribution in [3.63, 3.8) is 0 Å². The highest BCUT2D eigenvalue weighted by Gasteiger charge is 2.48. The van der Waals surface area contributed by atoms with Gasteiger partial charge in [0.25, 0.3) is 0 Å². The molecule has 0 spiro atoms.